The molecule has 6 nitrogen and oxygen atoms in total. The quantitative estimate of drug-likeness (QED) is 0.642. The van der Waals surface area contributed by atoms with Gasteiger partial charge in [0.05, 0.1) is 12.0 Å². The van der Waals surface area contributed by atoms with Crippen LogP contribution in [0.1, 0.15) is 41.9 Å². The summed E-state index contributed by atoms with van der Waals surface area (Å²) in [5.41, 5.74) is 0.684. The molecule has 7 heteroatoms. The number of H-pyrrole nitrogens is 3. The van der Waals surface area contributed by atoms with E-state index in [-0.39, 0.29) is 27.2 Å². The highest BCUT2D eigenvalue weighted by atomic mass is 32.1. The minimum Gasteiger partial charge on any atom is -0.348 e. The third-order valence-electron chi connectivity index (χ3n) is 3.73. The summed E-state index contributed by atoms with van der Waals surface area (Å²) in [5, 5.41) is 0.421. The molecule has 0 aliphatic carbocycles. The second-order valence-corrected chi connectivity index (χ2v) is 8.20. The van der Waals surface area contributed by atoms with E-state index >= 15 is 0 Å². The van der Waals surface area contributed by atoms with Crippen LogP contribution in [0.4, 0.5) is 0 Å². The average Bonchev–Trinajstić information content (AvgIpc) is 3.13. The fourth-order valence-corrected chi connectivity index (χ4v) is 3.34. The Hall–Kier alpha value is -2.67. The van der Waals surface area contributed by atoms with E-state index < -0.39 is 0 Å². The van der Waals surface area contributed by atoms with Gasteiger partial charge >= 0.3 is 0 Å². The maximum Gasteiger partial charge on any atom is 0.272 e. The minimum atomic E-state index is -0.359. The van der Waals surface area contributed by atoms with Gasteiger partial charge in [-0.15, -0.1) is 11.3 Å². The molecular weight excluding hydrogens is 336 g/mol. The Morgan fingerprint density at radius 2 is 1.68 bits per heavy atom. The molecule has 0 aliphatic rings. The Labute approximate surface area is 148 Å². The van der Waals surface area contributed by atoms with E-state index in [1.807, 2.05) is 39.8 Å². The van der Waals surface area contributed by atoms with Crippen LogP contribution < -0.4 is 21.8 Å². The molecule has 0 saturated carbocycles. The van der Waals surface area contributed by atoms with Crippen molar-refractivity contribution >= 4 is 23.5 Å². The van der Waals surface area contributed by atoms with E-state index in [2.05, 4.69) is 19.9 Å². The Morgan fingerprint density at radius 3 is 2.24 bits per heavy atom. The molecule has 0 atom stereocenters. The molecule has 0 unspecified atom stereocenters. The molecule has 0 bridgehead atoms. The first-order valence-corrected chi connectivity index (χ1v) is 8.72. The molecule has 3 rings (SSSR count). The van der Waals surface area contributed by atoms with Crippen molar-refractivity contribution in [2.45, 2.75) is 33.1 Å². The molecule has 0 saturated heterocycles. The Balaban J connectivity index is 2.14. The van der Waals surface area contributed by atoms with E-state index in [0.29, 0.717) is 5.69 Å². The van der Waals surface area contributed by atoms with Crippen LogP contribution in [0.3, 0.4) is 0 Å². The van der Waals surface area contributed by atoms with Gasteiger partial charge in [0.25, 0.3) is 11.1 Å². The average molecular weight is 356 g/mol. The highest BCUT2D eigenvalue weighted by molar-refractivity contribution is 7.12. The number of hydrogen-bond acceptors (Lipinski definition) is 4. The summed E-state index contributed by atoms with van der Waals surface area (Å²) in [7, 11) is 0. The van der Waals surface area contributed by atoms with Crippen LogP contribution in [0, 0.1) is 6.92 Å². The lowest BCUT2D eigenvalue weighted by molar-refractivity contribution is 0.571. The fourth-order valence-electron chi connectivity index (χ4n) is 2.52. The van der Waals surface area contributed by atoms with Gasteiger partial charge in [-0.2, -0.15) is 0 Å². The van der Waals surface area contributed by atoms with Crippen LogP contribution in [0.2, 0.25) is 0 Å². The van der Waals surface area contributed by atoms with Crippen molar-refractivity contribution in [1.82, 2.24) is 19.9 Å². The van der Waals surface area contributed by atoms with Crippen LogP contribution in [-0.2, 0) is 5.41 Å². The molecule has 3 heterocycles. The molecule has 25 heavy (non-hydrogen) atoms. The van der Waals surface area contributed by atoms with E-state index in [0.717, 1.165) is 15.4 Å². The van der Waals surface area contributed by atoms with Crippen LogP contribution in [0.5, 0.6) is 0 Å². The summed E-state index contributed by atoms with van der Waals surface area (Å²) in [5.74, 6) is 0. The molecule has 3 aromatic heterocycles. The predicted molar refractivity (Wildman–Crippen MR) is 100 cm³/mol. The SMILES string of the molecule is Cc1ccc(C=c2[nH]c(=O)c(=Cc3nc[nH]c3C(C)(C)C)[nH]c2=O)s1. The lowest BCUT2D eigenvalue weighted by Gasteiger charge is -2.16. The lowest BCUT2D eigenvalue weighted by atomic mass is 9.90. The zero-order valence-corrected chi connectivity index (χ0v) is 15.4. The van der Waals surface area contributed by atoms with Crippen molar-refractivity contribution in [2.24, 2.45) is 0 Å². The molecule has 0 amide bonds. The van der Waals surface area contributed by atoms with Gasteiger partial charge in [-0.1, -0.05) is 20.8 Å². The van der Waals surface area contributed by atoms with Gasteiger partial charge < -0.3 is 15.0 Å². The van der Waals surface area contributed by atoms with Crippen molar-refractivity contribution in [3.63, 3.8) is 0 Å². The van der Waals surface area contributed by atoms with Crippen molar-refractivity contribution < 1.29 is 0 Å². The van der Waals surface area contributed by atoms with Crippen LogP contribution in [-0.4, -0.2) is 19.9 Å². The largest absolute Gasteiger partial charge is 0.348 e. The molecule has 0 radical (unpaired) electrons. The molecular formula is C18H20N4O2S. The number of imidazole rings is 1. The van der Waals surface area contributed by atoms with Crippen molar-refractivity contribution in [2.75, 3.05) is 0 Å². The summed E-state index contributed by atoms with van der Waals surface area (Å²) in [6.45, 7) is 8.13. The van der Waals surface area contributed by atoms with E-state index in [9.17, 15) is 9.59 Å². The topological polar surface area (TPSA) is 94.4 Å². The Morgan fingerprint density at radius 1 is 1.04 bits per heavy atom. The Bertz CT molecular complexity index is 1140. The number of hydrogen-bond donors (Lipinski definition) is 3. The van der Waals surface area contributed by atoms with Crippen LogP contribution in [0.25, 0.3) is 12.2 Å². The standard InChI is InChI=1S/C18H20N4O2S/c1-10-5-6-11(25-10)7-13-16(23)22-14(17(24)21-13)8-12-15(18(2,3)4)20-9-19-12/h5-9H,1-4H3,(H,19,20)(H,21,24)(H,22,23). The molecule has 0 fully saturated rings. The first kappa shape index (κ1) is 17.2. The molecule has 130 valence electrons. The van der Waals surface area contributed by atoms with Crippen molar-refractivity contribution in [3.05, 3.63) is 71.0 Å². The monoisotopic (exact) mass is 356 g/mol. The number of aryl methyl sites for hydroxylation is 1. The van der Waals surface area contributed by atoms with Gasteiger partial charge in [-0.3, -0.25) is 9.59 Å². The first-order chi connectivity index (χ1) is 11.7. The number of rotatable bonds is 2. The number of thiophene rings is 1. The van der Waals surface area contributed by atoms with E-state index in [1.165, 1.54) is 0 Å². The predicted octanol–water partition coefficient (Wildman–Crippen LogP) is 1.11. The van der Waals surface area contributed by atoms with E-state index in [4.69, 9.17) is 0 Å². The number of nitrogens with one attached hydrogen (secondary N) is 3. The highest BCUT2D eigenvalue weighted by Crippen LogP contribution is 2.22. The lowest BCUT2D eigenvalue weighted by Crippen LogP contribution is -2.46. The second-order valence-electron chi connectivity index (χ2n) is 6.89. The normalized spacial score (nSPS) is 13.6. The van der Waals surface area contributed by atoms with Gasteiger partial charge in [0.15, 0.2) is 0 Å². The molecule has 0 spiro atoms. The fraction of sp³-hybridized carbons (Fsp3) is 0.278. The van der Waals surface area contributed by atoms with Gasteiger partial charge in [-0.25, -0.2) is 4.98 Å². The van der Waals surface area contributed by atoms with Gasteiger partial charge in [0.2, 0.25) is 0 Å². The van der Waals surface area contributed by atoms with Gasteiger partial charge in [-0.05, 0) is 31.2 Å². The summed E-state index contributed by atoms with van der Waals surface area (Å²) in [4.78, 5) is 39.4. The highest BCUT2D eigenvalue weighted by Gasteiger charge is 2.19. The Kier molecular flexibility index (Phi) is 4.34. The third kappa shape index (κ3) is 3.71. The maximum atomic E-state index is 12.4. The number of nitrogens with zero attached hydrogens (tertiary/aromatic N) is 1. The minimum absolute atomic E-state index is 0.153. The van der Waals surface area contributed by atoms with Crippen molar-refractivity contribution in [1.29, 1.82) is 0 Å². The molecule has 3 N–H and O–H groups in total. The smallest absolute Gasteiger partial charge is 0.272 e. The van der Waals surface area contributed by atoms with E-state index in [1.54, 1.807) is 29.8 Å². The van der Waals surface area contributed by atoms with Crippen LogP contribution in [0.15, 0.2) is 28.0 Å². The molecule has 0 aliphatic heterocycles. The second kappa shape index (κ2) is 6.33. The molecule has 0 aromatic carbocycles. The zero-order chi connectivity index (χ0) is 18.2. The number of aromatic nitrogens is 4. The maximum absolute atomic E-state index is 12.4. The molecule has 3 aromatic rings. The van der Waals surface area contributed by atoms with Gasteiger partial charge in [0.1, 0.15) is 10.7 Å². The van der Waals surface area contributed by atoms with Crippen LogP contribution >= 0.6 is 11.3 Å². The zero-order valence-electron chi connectivity index (χ0n) is 14.6. The summed E-state index contributed by atoms with van der Waals surface area (Å²) in [6.07, 6.45) is 4.85. The summed E-state index contributed by atoms with van der Waals surface area (Å²) >= 11 is 1.56. The number of aromatic amines is 3. The first-order valence-electron chi connectivity index (χ1n) is 7.90. The summed E-state index contributed by atoms with van der Waals surface area (Å²) < 4.78 is 0. The third-order valence-corrected chi connectivity index (χ3v) is 4.68. The van der Waals surface area contributed by atoms with Crippen molar-refractivity contribution in [3.8, 4) is 0 Å². The van der Waals surface area contributed by atoms with Gasteiger partial charge in [0, 0.05) is 20.9 Å². The summed E-state index contributed by atoms with van der Waals surface area (Å²) in [6, 6.07) is 3.88.